The Morgan fingerprint density at radius 1 is 1.15 bits per heavy atom. The van der Waals surface area contributed by atoms with Crippen LogP contribution in [0.1, 0.15) is 27.2 Å². The van der Waals surface area contributed by atoms with Crippen LogP contribution in [0.5, 0.6) is 11.5 Å². The van der Waals surface area contributed by atoms with Gasteiger partial charge in [-0.2, -0.15) is 0 Å². The molecule has 0 saturated heterocycles. The van der Waals surface area contributed by atoms with Gasteiger partial charge in [0.1, 0.15) is 17.3 Å². The fourth-order valence-electron chi connectivity index (χ4n) is 3.14. The average molecular weight is 463 g/mol. The zero-order valence-electron chi connectivity index (χ0n) is 19.6. The van der Waals surface area contributed by atoms with Gasteiger partial charge in [-0.05, 0) is 50.6 Å². The molecule has 34 heavy (non-hydrogen) atoms. The number of nitrogens with zero attached hydrogens (tertiary/aromatic N) is 2. The van der Waals surface area contributed by atoms with Gasteiger partial charge in [0.15, 0.2) is 12.4 Å². The van der Waals surface area contributed by atoms with Crippen LogP contribution in [0.4, 0.5) is 5.82 Å². The number of nitrogens with two attached hydrogens (primary N) is 1. The van der Waals surface area contributed by atoms with Crippen molar-refractivity contribution in [2.75, 3.05) is 18.5 Å². The van der Waals surface area contributed by atoms with Gasteiger partial charge < -0.3 is 31.3 Å². The van der Waals surface area contributed by atoms with Gasteiger partial charge in [0.05, 0.1) is 17.8 Å². The van der Waals surface area contributed by atoms with Crippen molar-refractivity contribution < 1.29 is 14.3 Å². The first-order chi connectivity index (χ1) is 16.4. The lowest BCUT2D eigenvalue weighted by atomic mass is 10.1. The average Bonchev–Trinajstić information content (AvgIpc) is 2.84. The normalized spacial score (nSPS) is 11.4. The molecule has 0 fully saturated rings. The summed E-state index contributed by atoms with van der Waals surface area (Å²) in [6.45, 7) is 6.34. The number of nitrogens with one attached hydrogen (secondary N) is 3. The maximum absolute atomic E-state index is 11.9. The van der Waals surface area contributed by atoms with E-state index in [9.17, 15) is 4.79 Å². The molecule has 2 aromatic carbocycles. The van der Waals surface area contributed by atoms with Gasteiger partial charge in [-0.25, -0.2) is 9.97 Å². The molecule has 1 aromatic heterocycles. The van der Waals surface area contributed by atoms with E-state index >= 15 is 0 Å². The molecule has 9 nitrogen and oxygen atoms in total. The number of benzene rings is 2. The van der Waals surface area contributed by atoms with Crippen molar-refractivity contribution in [3.05, 3.63) is 54.4 Å². The number of fused-ring (bicyclic) bond motifs is 1. The largest absolute Gasteiger partial charge is 0.494 e. The Bertz CT molecular complexity index is 1190. The minimum absolute atomic E-state index is 0.0423. The number of carbonyl (C=O) groups is 1. The van der Waals surface area contributed by atoms with Crippen molar-refractivity contribution >= 4 is 28.8 Å². The van der Waals surface area contributed by atoms with Crippen molar-refractivity contribution in [3.8, 4) is 22.9 Å². The van der Waals surface area contributed by atoms with Crippen LogP contribution >= 0.6 is 0 Å². The predicted octanol–water partition coefficient (Wildman–Crippen LogP) is 3.85. The first-order valence-corrected chi connectivity index (χ1v) is 11.1. The topological polar surface area (TPSA) is 135 Å². The van der Waals surface area contributed by atoms with Crippen molar-refractivity contribution in [1.29, 1.82) is 5.41 Å². The molecule has 1 amide bonds. The zero-order valence-corrected chi connectivity index (χ0v) is 19.6. The van der Waals surface area contributed by atoms with Crippen LogP contribution in [0.25, 0.3) is 22.3 Å². The highest BCUT2D eigenvalue weighted by molar-refractivity contribution is 5.94. The summed E-state index contributed by atoms with van der Waals surface area (Å²) in [4.78, 5) is 21.3. The van der Waals surface area contributed by atoms with Gasteiger partial charge >= 0.3 is 0 Å². The van der Waals surface area contributed by atoms with Crippen LogP contribution in [-0.4, -0.2) is 41.3 Å². The van der Waals surface area contributed by atoms with Crippen molar-refractivity contribution in [1.82, 2.24) is 15.3 Å². The lowest BCUT2D eigenvalue weighted by Crippen LogP contribution is -2.34. The molecule has 0 bridgehead atoms. The lowest BCUT2D eigenvalue weighted by Gasteiger charge is -2.13. The third-order valence-corrected chi connectivity index (χ3v) is 4.65. The number of hydrogen-bond donors (Lipinski definition) is 4. The maximum atomic E-state index is 11.9. The first kappa shape index (κ1) is 24.5. The van der Waals surface area contributed by atoms with E-state index in [1.54, 1.807) is 12.1 Å². The number of ether oxygens (including phenoxy) is 2. The number of hydrogen-bond acceptors (Lipinski definition) is 8. The van der Waals surface area contributed by atoms with Crippen LogP contribution in [0.15, 0.2) is 54.4 Å². The van der Waals surface area contributed by atoms with E-state index in [-0.39, 0.29) is 18.6 Å². The predicted molar refractivity (Wildman–Crippen MR) is 134 cm³/mol. The molecule has 0 aliphatic carbocycles. The molecule has 178 valence electrons. The molecular weight excluding hydrogens is 432 g/mol. The summed E-state index contributed by atoms with van der Waals surface area (Å²) in [6, 6.07) is 12.9. The number of carbonyl (C=O) groups excluding carboxylic acids is 1. The summed E-state index contributed by atoms with van der Waals surface area (Å²) in [6.07, 6.45) is 3.31. The fourth-order valence-corrected chi connectivity index (χ4v) is 3.14. The van der Waals surface area contributed by atoms with Crippen molar-refractivity contribution in [2.45, 2.75) is 33.2 Å². The van der Waals surface area contributed by atoms with E-state index in [4.69, 9.17) is 30.6 Å². The van der Waals surface area contributed by atoms with Crippen molar-refractivity contribution in [2.24, 2.45) is 5.73 Å². The molecule has 0 spiro atoms. The summed E-state index contributed by atoms with van der Waals surface area (Å²) in [7, 11) is 0. The molecule has 3 rings (SSSR count). The van der Waals surface area contributed by atoms with E-state index in [0.29, 0.717) is 46.5 Å². The van der Waals surface area contributed by atoms with Crippen LogP contribution < -0.4 is 25.8 Å². The van der Waals surface area contributed by atoms with Gasteiger partial charge in [-0.1, -0.05) is 19.1 Å². The summed E-state index contributed by atoms with van der Waals surface area (Å²) in [5, 5.41) is 14.2. The van der Waals surface area contributed by atoms with E-state index in [1.807, 2.05) is 51.1 Å². The fraction of sp³-hybridized carbons (Fsp3) is 0.280. The summed E-state index contributed by atoms with van der Waals surface area (Å²) in [5.74, 6) is 1.99. The van der Waals surface area contributed by atoms with Gasteiger partial charge in [0.25, 0.3) is 5.91 Å². The smallest absolute Gasteiger partial charge is 0.258 e. The highest BCUT2D eigenvalue weighted by Gasteiger charge is 2.13. The van der Waals surface area contributed by atoms with Crippen LogP contribution in [-0.2, 0) is 4.79 Å². The summed E-state index contributed by atoms with van der Waals surface area (Å²) < 4.78 is 11.4. The van der Waals surface area contributed by atoms with E-state index < -0.39 is 0 Å². The molecule has 3 aromatic rings. The van der Waals surface area contributed by atoms with Gasteiger partial charge in [-0.15, -0.1) is 0 Å². The summed E-state index contributed by atoms with van der Waals surface area (Å²) >= 11 is 0. The standard InChI is InChI=1S/C25H30N6O3/c1-4-10-33-20-8-9-22-21(12-20)25(29-18(13-26)14-27)31-24(30-22)17-6-5-7-19(11-17)34-15-23(32)28-16(2)3/h5-9,11-14,16,26H,4,10,15,27H2,1-3H3,(H,28,32)(H,29,30,31)/b18-14+,26-13?. The molecule has 9 heteroatoms. The number of anilines is 1. The molecule has 5 N–H and O–H groups in total. The van der Waals surface area contributed by atoms with E-state index in [1.165, 1.54) is 6.20 Å². The number of rotatable bonds is 11. The molecule has 0 saturated carbocycles. The van der Waals surface area contributed by atoms with Crippen molar-refractivity contribution in [3.63, 3.8) is 0 Å². The minimum Gasteiger partial charge on any atom is -0.494 e. The monoisotopic (exact) mass is 462 g/mol. The Morgan fingerprint density at radius 2 is 1.94 bits per heavy atom. The molecule has 0 aliphatic rings. The Labute approximate surface area is 198 Å². The molecule has 0 unspecified atom stereocenters. The highest BCUT2D eigenvalue weighted by atomic mass is 16.5. The lowest BCUT2D eigenvalue weighted by molar-refractivity contribution is -0.123. The number of amides is 1. The Balaban J connectivity index is 1.97. The maximum Gasteiger partial charge on any atom is 0.258 e. The Kier molecular flexibility index (Phi) is 8.39. The molecule has 0 radical (unpaired) electrons. The SMILES string of the molecule is CCCOc1ccc2nc(-c3cccc(OCC(=O)NC(C)C)c3)nc(N/C(C=N)=C/N)c2c1. The Morgan fingerprint density at radius 3 is 2.65 bits per heavy atom. The molecular formula is C25H30N6O3. The van der Waals surface area contributed by atoms with Crippen LogP contribution in [0, 0.1) is 5.41 Å². The second kappa shape index (κ2) is 11.6. The van der Waals surface area contributed by atoms with E-state index in [2.05, 4.69) is 10.6 Å². The first-order valence-electron chi connectivity index (χ1n) is 11.1. The molecule has 0 aliphatic heterocycles. The third-order valence-electron chi connectivity index (χ3n) is 4.65. The zero-order chi connectivity index (χ0) is 24.5. The van der Waals surface area contributed by atoms with E-state index in [0.717, 1.165) is 18.0 Å². The summed E-state index contributed by atoms with van der Waals surface area (Å²) in [5.41, 5.74) is 7.43. The van der Waals surface area contributed by atoms with Gasteiger partial charge in [0, 0.05) is 29.4 Å². The third kappa shape index (κ3) is 6.44. The number of aromatic nitrogens is 2. The molecule has 1 heterocycles. The number of allylic oxidation sites excluding steroid dienone is 1. The minimum atomic E-state index is -0.192. The Hall–Kier alpha value is -4.14. The quantitative estimate of drug-likeness (QED) is 0.318. The molecule has 0 atom stereocenters. The highest BCUT2D eigenvalue weighted by Crippen LogP contribution is 2.30. The second-order valence-corrected chi connectivity index (χ2v) is 7.85. The van der Waals surface area contributed by atoms with Crippen LogP contribution in [0.3, 0.4) is 0 Å². The van der Waals surface area contributed by atoms with Gasteiger partial charge in [0.2, 0.25) is 0 Å². The van der Waals surface area contributed by atoms with Gasteiger partial charge in [-0.3, -0.25) is 4.79 Å². The second-order valence-electron chi connectivity index (χ2n) is 7.85. The van der Waals surface area contributed by atoms with Crippen LogP contribution in [0.2, 0.25) is 0 Å².